The zero-order valence-electron chi connectivity index (χ0n) is 21.5. The molecule has 4 heterocycles. The molecule has 0 aromatic carbocycles. The molecule has 14 heteroatoms. The molecule has 208 valence electrons. The molecule has 2 aromatic rings. The fourth-order valence-electron chi connectivity index (χ4n) is 5.38. The van der Waals surface area contributed by atoms with Crippen molar-refractivity contribution in [2.24, 2.45) is 11.3 Å². The van der Waals surface area contributed by atoms with Gasteiger partial charge in [-0.05, 0) is 19.8 Å². The molecule has 4 atom stereocenters. The Labute approximate surface area is 223 Å². The van der Waals surface area contributed by atoms with Crippen LogP contribution in [0.25, 0.3) is 10.4 Å². The quantitative estimate of drug-likeness (QED) is 0.233. The Morgan fingerprint density at radius 2 is 1.95 bits per heavy atom. The highest BCUT2D eigenvalue weighted by molar-refractivity contribution is 7.91. The van der Waals surface area contributed by atoms with Gasteiger partial charge in [0.25, 0.3) is 0 Å². The van der Waals surface area contributed by atoms with Crippen LogP contribution in [0.2, 0.25) is 0 Å². The van der Waals surface area contributed by atoms with E-state index in [0.29, 0.717) is 21.7 Å². The molecule has 2 aliphatic rings. The normalized spacial score (nSPS) is 23.9. The molecule has 0 spiro atoms. The second kappa shape index (κ2) is 10.3. The molecule has 0 saturated carbocycles. The van der Waals surface area contributed by atoms with Gasteiger partial charge in [-0.3, -0.25) is 9.20 Å². The zero-order chi connectivity index (χ0) is 28.0. The first kappa shape index (κ1) is 28.0. The van der Waals surface area contributed by atoms with Crippen LogP contribution >= 0.6 is 11.3 Å². The zero-order valence-corrected chi connectivity index (χ0v) is 23.2. The number of thiazole rings is 1. The number of aliphatic hydroxyl groups is 1. The van der Waals surface area contributed by atoms with E-state index in [1.54, 1.807) is 13.1 Å². The first-order valence-electron chi connectivity index (χ1n) is 12.3. The number of sulfone groups is 1. The highest BCUT2D eigenvalue weighted by atomic mass is 32.2. The van der Waals surface area contributed by atoms with Crippen LogP contribution in [-0.4, -0.2) is 82.6 Å². The fraction of sp³-hybridized carbons (Fsp3) is 0.583. The van der Waals surface area contributed by atoms with Gasteiger partial charge in [0.1, 0.15) is 16.9 Å². The van der Waals surface area contributed by atoms with Crippen LogP contribution in [-0.2, 0) is 28.9 Å². The van der Waals surface area contributed by atoms with Crippen molar-refractivity contribution in [2.45, 2.75) is 63.6 Å². The highest BCUT2D eigenvalue weighted by Gasteiger charge is 2.66. The van der Waals surface area contributed by atoms with E-state index in [0.717, 1.165) is 30.4 Å². The number of rotatable bonds is 11. The number of aliphatic carboxylic acids is 1. The number of imidazole rings is 1. The van der Waals surface area contributed by atoms with E-state index in [4.69, 9.17) is 9.47 Å². The van der Waals surface area contributed by atoms with Crippen LogP contribution < -0.4 is 0 Å². The number of amides is 1. The summed E-state index contributed by atoms with van der Waals surface area (Å²) in [7, 11) is -3.65. The summed E-state index contributed by atoms with van der Waals surface area (Å²) >= 11 is 1.04. The summed E-state index contributed by atoms with van der Waals surface area (Å²) in [5.41, 5.74) is -0.979. The minimum Gasteiger partial charge on any atom is -0.477 e. The number of carbonyl (C=O) groups is 3. The number of carboxylic acid groups (broad SMARTS) is 1. The molecule has 0 aliphatic carbocycles. The van der Waals surface area contributed by atoms with E-state index in [1.165, 1.54) is 22.6 Å². The number of β-lactam (4-membered cyclic amide) rings is 1. The van der Waals surface area contributed by atoms with Gasteiger partial charge in [-0.15, -0.1) is 11.3 Å². The molecule has 2 N–H and O–H groups in total. The molecule has 4 rings (SSSR count). The predicted molar refractivity (Wildman–Crippen MR) is 136 cm³/mol. The average molecular weight is 570 g/mol. The van der Waals surface area contributed by atoms with Crippen LogP contribution in [0.5, 0.6) is 0 Å². The van der Waals surface area contributed by atoms with Crippen molar-refractivity contribution in [3.05, 3.63) is 23.1 Å². The van der Waals surface area contributed by atoms with Crippen LogP contribution in [0.15, 0.2) is 23.2 Å². The Hall–Kier alpha value is -2.97. The molecule has 0 unspecified atom stereocenters. The minimum atomic E-state index is -3.65. The Bertz CT molecular complexity index is 1410. The number of aliphatic hydroxyl groups excluding tert-OH is 1. The lowest BCUT2D eigenvalue weighted by Gasteiger charge is -2.50. The number of fused-ring (bicyclic) bond motifs is 2. The molecule has 1 fully saturated rings. The summed E-state index contributed by atoms with van der Waals surface area (Å²) in [5, 5.41) is 20.4. The Morgan fingerprint density at radius 3 is 2.55 bits per heavy atom. The van der Waals surface area contributed by atoms with E-state index in [-0.39, 0.29) is 30.4 Å². The van der Waals surface area contributed by atoms with E-state index in [9.17, 15) is 33.0 Å². The van der Waals surface area contributed by atoms with E-state index < -0.39 is 51.3 Å². The van der Waals surface area contributed by atoms with Crippen molar-refractivity contribution in [3.63, 3.8) is 0 Å². The summed E-state index contributed by atoms with van der Waals surface area (Å²) in [6.45, 7) is 5.37. The van der Waals surface area contributed by atoms with Crippen molar-refractivity contribution in [1.82, 2.24) is 14.3 Å². The Kier molecular flexibility index (Phi) is 7.60. The smallest absolute Gasteiger partial charge is 0.477 e. The fourth-order valence-corrected chi connectivity index (χ4v) is 7.77. The molecule has 0 radical (unpaired) electrons. The summed E-state index contributed by atoms with van der Waals surface area (Å²) in [4.78, 5) is 43.5. The molecular weight excluding hydrogens is 538 g/mol. The third-order valence-electron chi connectivity index (χ3n) is 7.15. The largest absolute Gasteiger partial charge is 0.508 e. The Morgan fingerprint density at radius 1 is 1.26 bits per heavy atom. The second-order valence-corrected chi connectivity index (χ2v) is 12.9. The number of aromatic nitrogens is 2. The number of carboxylic acids is 1. The first-order chi connectivity index (χ1) is 17.8. The van der Waals surface area contributed by atoms with Crippen molar-refractivity contribution in [2.75, 3.05) is 19.5 Å². The molecule has 2 aromatic heterocycles. The molecular formula is C24H31N3O9S2. The van der Waals surface area contributed by atoms with Gasteiger partial charge in [-0.25, -0.2) is 23.0 Å². The number of hydrogen-bond acceptors (Lipinski definition) is 10. The van der Waals surface area contributed by atoms with Gasteiger partial charge < -0.3 is 24.6 Å². The predicted octanol–water partition coefficient (Wildman–Crippen LogP) is 2.56. The SMILES string of the molecule is CCCCCOC(=O)OCC[C@@]1(C)C(c2cn3cnc(S(C)(=O)=O)c3s2)=C(C(=O)O)N2C(=O)[C@H]([C@@H](C)O)[C@@H]21. The lowest BCUT2D eigenvalue weighted by molar-refractivity contribution is -0.167. The first-order valence-corrected chi connectivity index (χ1v) is 15.0. The minimum absolute atomic E-state index is 0.120. The van der Waals surface area contributed by atoms with Gasteiger partial charge in [0, 0.05) is 23.4 Å². The van der Waals surface area contributed by atoms with Crippen molar-refractivity contribution in [3.8, 4) is 0 Å². The number of carbonyl (C=O) groups excluding carboxylic acids is 2. The van der Waals surface area contributed by atoms with Crippen molar-refractivity contribution >= 4 is 49.6 Å². The third-order valence-corrected chi connectivity index (χ3v) is 9.41. The lowest BCUT2D eigenvalue weighted by atomic mass is 9.66. The number of hydrogen-bond donors (Lipinski definition) is 2. The van der Waals surface area contributed by atoms with Crippen molar-refractivity contribution < 1.29 is 42.5 Å². The number of ether oxygens (including phenoxy) is 2. The summed E-state index contributed by atoms with van der Waals surface area (Å²) in [6, 6.07) is -0.700. The molecule has 38 heavy (non-hydrogen) atoms. The van der Waals surface area contributed by atoms with Gasteiger partial charge in [0.15, 0.2) is 14.9 Å². The standard InChI is InChI=1S/C24H31N3O9S2/c1-5-6-7-9-35-23(32)36-10-8-24(3)16(14-11-26-12-25-19(21(26)37-14)38(4,33)34)17(22(30)31)27-18(24)15(13(2)28)20(27)29/h11-13,15,18,28H,5-10H2,1-4H3,(H,30,31)/t13-,15-,18-,24+/m1/s1. The average Bonchev–Trinajstić information content (AvgIpc) is 3.44. The molecule has 12 nitrogen and oxygen atoms in total. The lowest BCUT2D eigenvalue weighted by Crippen LogP contribution is -2.66. The van der Waals surface area contributed by atoms with Gasteiger partial charge in [0.2, 0.25) is 5.91 Å². The van der Waals surface area contributed by atoms with Gasteiger partial charge >= 0.3 is 12.1 Å². The topological polar surface area (TPSA) is 165 Å². The van der Waals surface area contributed by atoms with Gasteiger partial charge in [-0.2, -0.15) is 0 Å². The molecule has 1 amide bonds. The Balaban J connectivity index is 1.72. The summed E-state index contributed by atoms with van der Waals surface area (Å²) < 4.78 is 36.3. The maximum absolute atomic E-state index is 13.0. The maximum Gasteiger partial charge on any atom is 0.508 e. The molecule has 1 saturated heterocycles. The van der Waals surface area contributed by atoms with Gasteiger partial charge in [-0.1, -0.05) is 26.7 Å². The number of nitrogens with zero attached hydrogens (tertiary/aromatic N) is 3. The van der Waals surface area contributed by atoms with E-state index >= 15 is 0 Å². The van der Waals surface area contributed by atoms with Crippen LogP contribution in [0, 0.1) is 11.3 Å². The van der Waals surface area contributed by atoms with Crippen LogP contribution in [0.1, 0.15) is 51.3 Å². The monoisotopic (exact) mass is 569 g/mol. The molecule has 0 bridgehead atoms. The number of unbranched alkanes of at least 4 members (excludes halogenated alkanes) is 2. The van der Waals surface area contributed by atoms with Crippen molar-refractivity contribution in [1.29, 1.82) is 0 Å². The third kappa shape index (κ3) is 4.69. The second-order valence-electron chi connectivity index (χ2n) is 9.90. The summed E-state index contributed by atoms with van der Waals surface area (Å²) in [5.74, 6) is -2.70. The molecule has 2 aliphatic heterocycles. The maximum atomic E-state index is 13.0. The highest BCUT2D eigenvalue weighted by Crippen LogP contribution is 2.60. The van der Waals surface area contributed by atoms with Gasteiger partial charge in [0.05, 0.1) is 36.2 Å². The van der Waals surface area contributed by atoms with E-state index in [2.05, 4.69) is 4.98 Å². The van der Waals surface area contributed by atoms with Crippen LogP contribution in [0.4, 0.5) is 4.79 Å². The van der Waals surface area contributed by atoms with E-state index in [1.807, 2.05) is 6.92 Å². The van der Waals surface area contributed by atoms with Crippen LogP contribution in [0.3, 0.4) is 0 Å². The summed E-state index contributed by atoms with van der Waals surface area (Å²) in [6.07, 6.45) is 4.79.